The van der Waals surface area contributed by atoms with Gasteiger partial charge in [0.1, 0.15) is 5.75 Å². The van der Waals surface area contributed by atoms with Crippen LogP contribution in [0.5, 0.6) is 5.75 Å². The molecule has 0 aliphatic carbocycles. The molecule has 4 aromatic rings. The molecule has 1 unspecified atom stereocenters. The fourth-order valence-electron chi connectivity index (χ4n) is 4.07. The number of rotatable bonds is 12. The van der Waals surface area contributed by atoms with Crippen LogP contribution in [0.25, 0.3) is 0 Å². The Kier molecular flexibility index (Phi) is 9.75. The van der Waals surface area contributed by atoms with E-state index < -0.39 is 12.1 Å². The van der Waals surface area contributed by atoms with Crippen LogP contribution in [0.3, 0.4) is 0 Å². The van der Waals surface area contributed by atoms with Crippen molar-refractivity contribution in [3.05, 3.63) is 118 Å². The summed E-state index contributed by atoms with van der Waals surface area (Å²) in [4.78, 5) is 25.0. The highest BCUT2D eigenvalue weighted by atomic mass is 79.9. The van der Waals surface area contributed by atoms with E-state index >= 15 is 0 Å². The third-order valence-corrected chi connectivity index (χ3v) is 6.74. The maximum absolute atomic E-state index is 13.0. The fourth-order valence-corrected chi connectivity index (χ4v) is 4.33. The lowest BCUT2D eigenvalue weighted by Gasteiger charge is -2.19. The van der Waals surface area contributed by atoms with E-state index in [0.29, 0.717) is 22.7 Å². The number of unbranched alkanes of at least 4 members (excludes halogenated alkanes) is 1. The van der Waals surface area contributed by atoms with Crippen LogP contribution >= 0.6 is 15.9 Å². The van der Waals surface area contributed by atoms with Crippen LogP contribution in [-0.4, -0.2) is 23.1 Å². The average molecular weight is 588 g/mol. The highest BCUT2D eigenvalue weighted by molar-refractivity contribution is 9.10. The van der Waals surface area contributed by atoms with E-state index in [4.69, 9.17) is 4.74 Å². The van der Waals surface area contributed by atoms with Crippen molar-refractivity contribution < 1.29 is 19.4 Å². The Labute approximate surface area is 237 Å². The molecule has 4 rings (SSSR count). The van der Waals surface area contributed by atoms with Crippen molar-refractivity contribution in [1.82, 2.24) is 0 Å². The molecule has 3 N–H and O–H groups in total. The van der Waals surface area contributed by atoms with E-state index in [1.165, 1.54) is 5.56 Å². The molecule has 0 radical (unpaired) electrons. The maximum Gasteiger partial charge on any atom is 0.345 e. The van der Waals surface area contributed by atoms with Crippen LogP contribution in [0.1, 0.15) is 41.3 Å². The van der Waals surface area contributed by atoms with Crippen molar-refractivity contribution in [1.29, 1.82) is 0 Å². The number of carbonyl (C=O) groups is 2. The predicted molar refractivity (Wildman–Crippen MR) is 159 cm³/mol. The number of amides is 1. The van der Waals surface area contributed by atoms with Gasteiger partial charge in [-0.05, 0) is 72.5 Å². The quantitative estimate of drug-likeness (QED) is 0.157. The molecule has 7 heteroatoms. The van der Waals surface area contributed by atoms with E-state index in [1.54, 1.807) is 30.3 Å². The molecule has 0 saturated heterocycles. The Bertz CT molecular complexity index is 1390. The maximum atomic E-state index is 13.0. The molecule has 0 bridgehead atoms. The first-order chi connectivity index (χ1) is 18.9. The highest BCUT2D eigenvalue weighted by Gasteiger charge is 2.21. The molecule has 6 nitrogen and oxygen atoms in total. The van der Waals surface area contributed by atoms with E-state index in [9.17, 15) is 14.7 Å². The number of nitrogens with one attached hydrogen (secondary N) is 2. The molecule has 0 fully saturated rings. The number of carbonyl (C=O) groups excluding carboxylic acids is 1. The number of ether oxygens (including phenoxy) is 1. The molecule has 0 aromatic heterocycles. The van der Waals surface area contributed by atoms with Gasteiger partial charge in [0.25, 0.3) is 5.91 Å². The molecular weight excluding hydrogens is 556 g/mol. The molecule has 4 aromatic carbocycles. The zero-order valence-corrected chi connectivity index (χ0v) is 23.3. The lowest BCUT2D eigenvalue weighted by molar-refractivity contribution is -0.145. The van der Waals surface area contributed by atoms with E-state index in [1.807, 2.05) is 54.6 Å². The van der Waals surface area contributed by atoms with Crippen LogP contribution in [0, 0.1) is 0 Å². The molecule has 1 amide bonds. The molecule has 1 atom stereocenters. The van der Waals surface area contributed by atoms with Crippen molar-refractivity contribution >= 4 is 44.9 Å². The van der Waals surface area contributed by atoms with Gasteiger partial charge in [0, 0.05) is 28.2 Å². The molecule has 0 heterocycles. The molecule has 0 saturated carbocycles. The Hall–Kier alpha value is -4.10. The third kappa shape index (κ3) is 8.19. The summed E-state index contributed by atoms with van der Waals surface area (Å²) in [6, 6.07) is 29.7. The number of aliphatic carboxylic acids is 1. The topological polar surface area (TPSA) is 87.7 Å². The van der Waals surface area contributed by atoms with Gasteiger partial charge in [0.15, 0.2) is 6.10 Å². The van der Waals surface area contributed by atoms with E-state index in [-0.39, 0.29) is 12.3 Å². The Balaban J connectivity index is 1.59. The largest absolute Gasteiger partial charge is 0.478 e. The third-order valence-electron chi connectivity index (χ3n) is 6.22. The monoisotopic (exact) mass is 586 g/mol. The van der Waals surface area contributed by atoms with Crippen LogP contribution in [0.4, 0.5) is 17.1 Å². The second-order valence-corrected chi connectivity index (χ2v) is 10.1. The van der Waals surface area contributed by atoms with Gasteiger partial charge in [0.05, 0.1) is 11.4 Å². The van der Waals surface area contributed by atoms with E-state index in [2.05, 4.69) is 45.6 Å². The van der Waals surface area contributed by atoms with Crippen LogP contribution in [0.15, 0.2) is 102 Å². The number of benzene rings is 4. The minimum absolute atomic E-state index is 0.222. The summed E-state index contributed by atoms with van der Waals surface area (Å²) in [5, 5.41) is 16.1. The first-order valence-corrected chi connectivity index (χ1v) is 13.7. The summed E-state index contributed by atoms with van der Waals surface area (Å²) in [6.45, 7) is 2.17. The second kappa shape index (κ2) is 13.6. The van der Waals surface area contributed by atoms with Gasteiger partial charge >= 0.3 is 5.97 Å². The lowest BCUT2D eigenvalue weighted by Crippen LogP contribution is -2.29. The second-order valence-electron chi connectivity index (χ2n) is 9.23. The van der Waals surface area contributed by atoms with Gasteiger partial charge in [-0.25, -0.2) is 4.79 Å². The van der Waals surface area contributed by atoms with Crippen LogP contribution in [-0.2, 0) is 17.6 Å². The summed E-state index contributed by atoms with van der Waals surface area (Å²) < 4.78 is 6.81. The molecule has 0 aliphatic rings. The summed E-state index contributed by atoms with van der Waals surface area (Å²) in [5.74, 6) is -0.938. The fraction of sp³-hybridized carbons (Fsp3) is 0.188. The number of aryl methyl sites for hydroxylation is 1. The smallest absolute Gasteiger partial charge is 0.345 e. The van der Waals surface area contributed by atoms with Crippen molar-refractivity contribution in [2.45, 2.75) is 38.7 Å². The zero-order chi connectivity index (χ0) is 27.6. The van der Waals surface area contributed by atoms with Gasteiger partial charge in [-0.15, -0.1) is 0 Å². The number of carboxylic acids is 1. The number of hydrogen-bond donors (Lipinski definition) is 3. The van der Waals surface area contributed by atoms with E-state index in [0.717, 1.165) is 35.0 Å². The average Bonchev–Trinajstić information content (AvgIpc) is 2.94. The Morgan fingerprint density at radius 1 is 0.872 bits per heavy atom. The summed E-state index contributed by atoms with van der Waals surface area (Å²) in [5.41, 5.74) is 4.60. The van der Waals surface area contributed by atoms with Gasteiger partial charge in [0.2, 0.25) is 0 Å². The first kappa shape index (κ1) is 27.9. The van der Waals surface area contributed by atoms with Crippen LogP contribution < -0.4 is 15.4 Å². The Morgan fingerprint density at radius 2 is 1.59 bits per heavy atom. The molecule has 0 spiro atoms. The van der Waals surface area contributed by atoms with Gasteiger partial charge in [-0.1, -0.05) is 71.7 Å². The number of hydrogen-bond acceptors (Lipinski definition) is 4. The van der Waals surface area contributed by atoms with Crippen molar-refractivity contribution in [3.8, 4) is 5.75 Å². The van der Waals surface area contributed by atoms with Crippen molar-refractivity contribution in [2.75, 3.05) is 10.6 Å². The highest BCUT2D eigenvalue weighted by Crippen LogP contribution is 2.31. The van der Waals surface area contributed by atoms with Gasteiger partial charge < -0.3 is 20.5 Å². The number of anilines is 3. The molecule has 200 valence electrons. The minimum atomic E-state index is -1.07. The first-order valence-electron chi connectivity index (χ1n) is 12.9. The van der Waals surface area contributed by atoms with Gasteiger partial charge in [-0.3, -0.25) is 4.79 Å². The SMILES string of the molecule is CCCCc1ccc(Nc2cc(OC(Cc3ccccc3)C(=O)O)ccc2NC(=O)c2ccc(Br)cc2)cc1. The number of halogens is 1. The summed E-state index contributed by atoms with van der Waals surface area (Å²) >= 11 is 3.39. The summed E-state index contributed by atoms with van der Waals surface area (Å²) in [6.07, 6.45) is 2.44. The summed E-state index contributed by atoms with van der Waals surface area (Å²) in [7, 11) is 0. The lowest BCUT2D eigenvalue weighted by atomic mass is 10.1. The molecule has 0 aliphatic heterocycles. The van der Waals surface area contributed by atoms with Crippen molar-refractivity contribution in [3.63, 3.8) is 0 Å². The minimum Gasteiger partial charge on any atom is -0.478 e. The van der Waals surface area contributed by atoms with Crippen LogP contribution in [0.2, 0.25) is 0 Å². The van der Waals surface area contributed by atoms with Crippen molar-refractivity contribution in [2.24, 2.45) is 0 Å². The predicted octanol–water partition coefficient (Wildman–Crippen LogP) is 7.86. The zero-order valence-electron chi connectivity index (χ0n) is 21.7. The molecular formula is C32H31BrN2O4. The van der Waals surface area contributed by atoms with Gasteiger partial charge in [-0.2, -0.15) is 0 Å². The number of carboxylic acid groups (broad SMARTS) is 1. The normalized spacial score (nSPS) is 11.4. The standard InChI is InChI=1S/C32H31BrN2O4/c1-2-3-7-22-10-16-26(17-11-22)34-29-21-27(39-30(32(37)38)20-23-8-5-4-6-9-23)18-19-28(29)35-31(36)24-12-14-25(33)15-13-24/h4-6,8-19,21,30,34H,2-3,7,20H2,1H3,(H,35,36)(H,37,38). The molecule has 39 heavy (non-hydrogen) atoms. The Morgan fingerprint density at radius 3 is 2.26 bits per heavy atom.